The van der Waals surface area contributed by atoms with Gasteiger partial charge in [0.15, 0.2) is 0 Å². The number of likely N-dealkylation sites (tertiary alicyclic amines) is 1. The molecule has 1 saturated heterocycles. The van der Waals surface area contributed by atoms with Gasteiger partial charge in [0.25, 0.3) is 5.91 Å². The number of nitrogens with zero attached hydrogens (tertiary/aromatic N) is 1. The lowest BCUT2D eigenvalue weighted by molar-refractivity contribution is -0.151. The standard InChI is InChI=1S/C12H12Cl2FNO/c1-7(2)16-10(12(13,14)11(16)17)8-3-5-9(15)6-4-8/h3-7,10H,1-2H3. The van der Waals surface area contributed by atoms with Crippen LogP contribution in [-0.4, -0.2) is 21.2 Å². The Balaban J connectivity index is 2.36. The van der Waals surface area contributed by atoms with Crippen LogP contribution in [0.3, 0.4) is 0 Å². The molecular formula is C12H12Cl2FNO. The van der Waals surface area contributed by atoms with Crippen LogP contribution in [0.5, 0.6) is 0 Å². The van der Waals surface area contributed by atoms with Crippen LogP contribution < -0.4 is 0 Å². The van der Waals surface area contributed by atoms with Crippen molar-refractivity contribution in [3.63, 3.8) is 0 Å². The van der Waals surface area contributed by atoms with Gasteiger partial charge in [0, 0.05) is 6.04 Å². The van der Waals surface area contributed by atoms with Gasteiger partial charge in [-0.25, -0.2) is 4.39 Å². The van der Waals surface area contributed by atoms with Gasteiger partial charge in [-0.1, -0.05) is 35.3 Å². The summed E-state index contributed by atoms with van der Waals surface area (Å²) in [4.78, 5) is 13.4. The summed E-state index contributed by atoms with van der Waals surface area (Å²) >= 11 is 12.0. The van der Waals surface area contributed by atoms with Gasteiger partial charge in [-0.05, 0) is 31.5 Å². The van der Waals surface area contributed by atoms with E-state index in [1.165, 1.54) is 12.1 Å². The summed E-state index contributed by atoms with van der Waals surface area (Å²) in [7, 11) is 0. The molecule has 1 aliphatic rings. The van der Waals surface area contributed by atoms with Crippen molar-refractivity contribution in [2.45, 2.75) is 30.3 Å². The lowest BCUT2D eigenvalue weighted by Crippen LogP contribution is -2.64. The number of amides is 1. The fraction of sp³-hybridized carbons (Fsp3) is 0.417. The summed E-state index contributed by atoms with van der Waals surface area (Å²) < 4.78 is 11.4. The van der Waals surface area contributed by atoms with Crippen LogP contribution in [0.15, 0.2) is 24.3 Å². The van der Waals surface area contributed by atoms with Crippen molar-refractivity contribution in [2.24, 2.45) is 0 Å². The van der Waals surface area contributed by atoms with E-state index in [1.807, 2.05) is 13.8 Å². The molecule has 1 heterocycles. The molecule has 5 heteroatoms. The number of halogens is 3. The lowest BCUT2D eigenvalue weighted by Gasteiger charge is -2.51. The highest BCUT2D eigenvalue weighted by molar-refractivity contribution is 6.60. The van der Waals surface area contributed by atoms with Crippen LogP contribution in [0, 0.1) is 5.82 Å². The van der Waals surface area contributed by atoms with Crippen LogP contribution in [0.1, 0.15) is 25.5 Å². The first kappa shape index (κ1) is 12.7. The topological polar surface area (TPSA) is 20.3 Å². The van der Waals surface area contributed by atoms with Crippen LogP contribution in [0.25, 0.3) is 0 Å². The van der Waals surface area contributed by atoms with E-state index in [1.54, 1.807) is 17.0 Å². The third kappa shape index (κ3) is 1.91. The van der Waals surface area contributed by atoms with Crippen LogP contribution in [0.2, 0.25) is 0 Å². The highest BCUT2D eigenvalue weighted by Crippen LogP contribution is 2.51. The molecule has 1 aliphatic heterocycles. The van der Waals surface area contributed by atoms with Crippen molar-refractivity contribution >= 4 is 29.1 Å². The van der Waals surface area contributed by atoms with Crippen molar-refractivity contribution < 1.29 is 9.18 Å². The second kappa shape index (κ2) is 4.14. The Kier molecular flexibility index (Phi) is 3.08. The highest BCUT2D eigenvalue weighted by Gasteiger charge is 2.60. The Bertz CT molecular complexity index is 444. The zero-order valence-corrected chi connectivity index (χ0v) is 11.0. The second-order valence-corrected chi connectivity index (χ2v) is 5.77. The van der Waals surface area contributed by atoms with Crippen molar-refractivity contribution in [2.75, 3.05) is 0 Å². The van der Waals surface area contributed by atoms with Gasteiger partial charge >= 0.3 is 0 Å². The van der Waals surface area contributed by atoms with Gasteiger partial charge in [0.05, 0.1) is 6.04 Å². The molecule has 1 aromatic rings. The largest absolute Gasteiger partial charge is 0.327 e. The molecule has 1 fully saturated rings. The molecular weight excluding hydrogens is 264 g/mol. The normalized spacial score (nSPS) is 22.8. The highest BCUT2D eigenvalue weighted by atomic mass is 35.5. The van der Waals surface area contributed by atoms with E-state index in [9.17, 15) is 9.18 Å². The van der Waals surface area contributed by atoms with Gasteiger partial charge in [-0.15, -0.1) is 0 Å². The van der Waals surface area contributed by atoms with Crippen molar-refractivity contribution in [3.05, 3.63) is 35.6 Å². The second-order valence-electron chi connectivity index (χ2n) is 4.38. The predicted octanol–water partition coefficient (Wildman–Crippen LogP) is 3.29. The molecule has 92 valence electrons. The molecule has 0 bridgehead atoms. The zero-order valence-electron chi connectivity index (χ0n) is 9.45. The number of rotatable bonds is 2. The minimum atomic E-state index is -1.44. The number of hydrogen-bond donors (Lipinski definition) is 0. The van der Waals surface area contributed by atoms with Crippen LogP contribution in [-0.2, 0) is 4.79 Å². The minimum Gasteiger partial charge on any atom is -0.327 e. The maximum atomic E-state index is 12.9. The Hall–Kier alpha value is -0.800. The van der Waals surface area contributed by atoms with Gasteiger partial charge in [0.2, 0.25) is 4.33 Å². The molecule has 0 radical (unpaired) electrons. The Morgan fingerprint density at radius 1 is 1.29 bits per heavy atom. The number of benzene rings is 1. The van der Waals surface area contributed by atoms with E-state index < -0.39 is 10.4 Å². The maximum absolute atomic E-state index is 12.9. The summed E-state index contributed by atoms with van der Waals surface area (Å²) in [5.74, 6) is -0.629. The lowest BCUT2D eigenvalue weighted by atomic mass is 9.91. The summed E-state index contributed by atoms with van der Waals surface area (Å²) in [6.45, 7) is 3.77. The zero-order chi connectivity index (χ0) is 12.8. The van der Waals surface area contributed by atoms with Gasteiger partial charge in [-0.2, -0.15) is 0 Å². The first-order chi connectivity index (χ1) is 7.85. The Morgan fingerprint density at radius 3 is 2.29 bits per heavy atom. The van der Waals surface area contributed by atoms with Gasteiger partial charge in [-0.3, -0.25) is 4.79 Å². The third-order valence-electron chi connectivity index (χ3n) is 2.88. The number of carbonyl (C=O) groups is 1. The fourth-order valence-corrected chi connectivity index (χ4v) is 2.72. The molecule has 17 heavy (non-hydrogen) atoms. The van der Waals surface area contributed by atoms with E-state index >= 15 is 0 Å². The summed E-state index contributed by atoms with van der Waals surface area (Å²) in [5, 5.41) is 0. The van der Waals surface area contributed by atoms with E-state index in [-0.39, 0.29) is 17.8 Å². The maximum Gasteiger partial charge on any atom is 0.262 e. The quantitative estimate of drug-likeness (QED) is 0.599. The van der Waals surface area contributed by atoms with Gasteiger partial charge in [0.1, 0.15) is 5.82 Å². The molecule has 0 aromatic heterocycles. The average Bonchev–Trinajstić information content (AvgIpc) is 2.26. The van der Waals surface area contributed by atoms with E-state index in [0.29, 0.717) is 0 Å². The number of hydrogen-bond acceptors (Lipinski definition) is 1. The minimum absolute atomic E-state index is 0.00294. The van der Waals surface area contributed by atoms with E-state index in [2.05, 4.69) is 0 Å². The fourth-order valence-electron chi connectivity index (χ4n) is 2.06. The average molecular weight is 276 g/mol. The summed E-state index contributed by atoms with van der Waals surface area (Å²) in [5.41, 5.74) is 0.740. The SMILES string of the molecule is CC(C)N1C(=O)C(Cl)(Cl)C1c1ccc(F)cc1. The first-order valence-corrected chi connectivity index (χ1v) is 6.07. The monoisotopic (exact) mass is 275 g/mol. The van der Waals surface area contributed by atoms with E-state index in [4.69, 9.17) is 23.2 Å². The molecule has 1 amide bonds. The van der Waals surface area contributed by atoms with Crippen LogP contribution in [0.4, 0.5) is 4.39 Å². The predicted molar refractivity (Wildman–Crippen MR) is 65.6 cm³/mol. The molecule has 2 rings (SSSR count). The summed E-state index contributed by atoms with van der Waals surface area (Å²) in [6.07, 6.45) is 0. The van der Waals surface area contributed by atoms with Crippen LogP contribution >= 0.6 is 23.2 Å². The first-order valence-electron chi connectivity index (χ1n) is 5.31. The van der Waals surface area contributed by atoms with Crippen molar-refractivity contribution in [1.29, 1.82) is 0 Å². The molecule has 0 saturated carbocycles. The third-order valence-corrected chi connectivity index (χ3v) is 3.62. The number of β-lactam (4-membered cyclic amide) rings is 1. The number of carbonyl (C=O) groups excluding carboxylic acids is 1. The number of alkyl halides is 2. The molecule has 0 spiro atoms. The Labute approximate surface area is 109 Å². The molecule has 1 aromatic carbocycles. The smallest absolute Gasteiger partial charge is 0.262 e. The molecule has 2 nitrogen and oxygen atoms in total. The summed E-state index contributed by atoms with van der Waals surface area (Å²) in [6, 6.07) is 5.45. The van der Waals surface area contributed by atoms with E-state index in [0.717, 1.165) is 5.56 Å². The Morgan fingerprint density at radius 2 is 1.82 bits per heavy atom. The molecule has 0 aliphatic carbocycles. The van der Waals surface area contributed by atoms with Crippen molar-refractivity contribution in [1.82, 2.24) is 4.90 Å². The van der Waals surface area contributed by atoms with Crippen molar-refractivity contribution in [3.8, 4) is 0 Å². The molecule has 1 unspecified atom stereocenters. The van der Waals surface area contributed by atoms with Gasteiger partial charge < -0.3 is 4.90 Å². The molecule has 1 atom stereocenters. The molecule has 0 N–H and O–H groups in total.